The SMILES string of the molecule is CCC(O)COc1ccc(/C=N/NC(=O)CCCCC(=O)CN=Cc2ccc(OC)cc2)cc1. The van der Waals surface area contributed by atoms with Gasteiger partial charge in [0.15, 0.2) is 5.78 Å². The fourth-order valence-electron chi connectivity index (χ4n) is 2.82. The molecule has 0 aliphatic rings. The predicted molar refractivity (Wildman–Crippen MR) is 133 cm³/mol. The standard InChI is InChI=1S/C26H33N3O5/c1-3-22(30)19-34-25-14-10-21(11-15-25)17-28-29-26(32)7-5-4-6-23(31)18-27-16-20-8-12-24(33-2)13-9-20/h8-17,22,30H,3-7,18-19H2,1-2H3,(H,29,32)/b27-16?,28-17+. The van der Waals surface area contributed by atoms with Gasteiger partial charge in [-0.05, 0) is 78.9 Å². The number of hydrazone groups is 1. The third-order valence-corrected chi connectivity index (χ3v) is 4.93. The molecule has 2 rings (SSSR count). The lowest BCUT2D eigenvalue weighted by molar-refractivity contribution is -0.121. The number of aliphatic hydroxyl groups excluding tert-OH is 1. The zero-order chi connectivity index (χ0) is 24.6. The molecular weight excluding hydrogens is 434 g/mol. The number of aliphatic hydroxyl groups is 1. The van der Waals surface area contributed by atoms with Crippen LogP contribution in [0.1, 0.15) is 50.2 Å². The third-order valence-electron chi connectivity index (χ3n) is 4.93. The largest absolute Gasteiger partial charge is 0.497 e. The Balaban J connectivity index is 1.58. The predicted octanol–water partition coefficient (Wildman–Crippen LogP) is 3.54. The van der Waals surface area contributed by atoms with E-state index in [9.17, 15) is 14.7 Å². The second-order valence-electron chi connectivity index (χ2n) is 7.72. The summed E-state index contributed by atoms with van der Waals surface area (Å²) in [6.07, 6.45) is 5.29. The normalized spacial score (nSPS) is 12.1. The zero-order valence-corrected chi connectivity index (χ0v) is 19.8. The number of benzene rings is 2. The van der Waals surface area contributed by atoms with Crippen molar-refractivity contribution < 1.29 is 24.2 Å². The van der Waals surface area contributed by atoms with Gasteiger partial charge in [-0.2, -0.15) is 5.10 Å². The summed E-state index contributed by atoms with van der Waals surface area (Å²) in [7, 11) is 1.61. The lowest BCUT2D eigenvalue weighted by Crippen LogP contribution is -2.17. The molecular formula is C26H33N3O5. The first-order valence-electron chi connectivity index (χ1n) is 11.4. The van der Waals surface area contributed by atoms with E-state index in [0.717, 1.165) is 16.9 Å². The number of hydrogen-bond acceptors (Lipinski definition) is 7. The van der Waals surface area contributed by atoms with E-state index >= 15 is 0 Å². The van der Waals surface area contributed by atoms with Crippen molar-refractivity contribution in [2.45, 2.75) is 45.1 Å². The maximum absolute atomic E-state index is 11.9. The summed E-state index contributed by atoms with van der Waals surface area (Å²) in [5, 5.41) is 13.5. The minimum atomic E-state index is -0.479. The molecule has 0 bridgehead atoms. The van der Waals surface area contributed by atoms with Crippen molar-refractivity contribution in [3.63, 3.8) is 0 Å². The number of Topliss-reactive ketones (excluding diaryl/α,β-unsaturated/α-hetero) is 1. The summed E-state index contributed by atoms with van der Waals surface area (Å²) in [5.41, 5.74) is 4.21. The maximum Gasteiger partial charge on any atom is 0.240 e. The first-order valence-corrected chi connectivity index (χ1v) is 11.4. The summed E-state index contributed by atoms with van der Waals surface area (Å²) < 4.78 is 10.6. The molecule has 0 saturated carbocycles. The molecule has 1 unspecified atom stereocenters. The van der Waals surface area contributed by atoms with Gasteiger partial charge >= 0.3 is 0 Å². The number of amides is 1. The highest BCUT2D eigenvalue weighted by atomic mass is 16.5. The van der Waals surface area contributed by atoms with Gasteiger partial charge in [0.2, 0.25) is 5.91 Å². The number of rotatable bonds is 15. The summed E-state index contributed by atoms with van der Waals surface area (Å²) in [4.78, 5) is 28.0. The van der Waals surface area contributed by atoms with Crippen LogP contribution in [0.15, 0.2) is 58.6 Å². The molecule has 1 amide bonds. The van der Waals surface area contributed by atoms with Gasteiger partial charge in [-0.3, -0.25) is 14.6 Å². The van der Waals surface area contributed by atoms with Crippen LogP contribution in [0.2, 0.25) is 0 Å². The summed E-state index contributed by atoms with van der Waals surface area (Å²) in [5.74, 6) is 1.27. The number of aliphatic imine (C=N–C) groups is 1. The van der Waals surface area contributed by atoms with Crippen LogP contribution in [-0.2, 0) is 9.59 Å². The minimum absolute atomic E-state index is 0.0415. The van der Waals surface area contributed by atoms with Crippen molar-refractivity contribution in [3.8, 4) is 11.5 Å². The Labute approximate surface area is 200 Å². The summed E-state index contributed by atoms with van der Waals surface area (Å²) in [6.45, 7) is 2.27. The average molecular weight is 468 g/mol. The summed E-state index contributed by atoms with van der Waals surface area (Å²) >= 11 is 0. The number of nitrogens with one attached hydrogen (secondary N) is 1. The second-order valence-corrected chi connectivity index (χ2v) is 7.72. The number of ether oxygens (including phenoxy) is 2. The second kappa shape index (κ2) is 15.3. The van der Waals surface area contributed by atoms with Gasteiger partial charge in [0.05, 0.1) is 26.0 Å². The first-order chi connectivity index (χ1) is 16.5. The molecule has 8 nitrogen and oxygen atoms in total. The van der Waals surface area contributed by atoms with Crippen LogP contribution in [0, 0.1) is 0 Å². The first kappa shape index (κ1) is 26.7. The van der Waals surface area contributed by atoms with Gasteiger partial charge in [0.1, 0.15) is 18.1 Å². The molecule has 8 heteroatoms. The maximum atomic E-state index is 11.9. The van der Waals surface area contributed by atoms with Crippen LogP contribution in [0.4, 0.5) is 0 Å². The molecule has 0 aliphatic carbocycles. The fourth-order valence-corrected chi connectivity index (χ4v) is 2.82. The summed E-state index contributed by atoms with van der Waals surface area (Å²) in [6, 6.07) is 14.6. The molecule has 1 atom stereocenters. The topological polar surface area (TPSA) is 110 Å². The number of methoxy groups -OCH3 is 1. The third kappa shape index (κ3) is 10.9. The lowest BCUT2D eigenvalue weighted by Gasteiger charge is -2.10. The quantitative estimate of drug-likeness (QED) is 0.237. The Morgan fingerprint density at radius 1 is 0.971 bits per heavy atom. The molecule has 0 spiro atoms. The molecule has 0 heterocycles. The van der Waals surface area contributed by atoms with Crippen molar-refractivity contribution >= 4 is 24.1 Å². The Hall–Kier alpha value is -3.52. The lowest BCUT2D eigenvalue weighted by atomic mass is 10.1. The molecule has 34 heavy (non-hydrogen) atoms. The van der Waals surface area contributed by atoms with Gasteiger partial charge in [-0.25, -0.2) is 5.43 Å². The van der Waals surface area contributed by atoms with Crippen molar-refractivity contribution in [1.29, 1.82) is 0 Å². The molecule has 0 radical (unpaired) electrons. The Morgan fingerprint density at radius 2 is 1.59 bits per heavy atom. The van der Waals surface area contributed by atoms with Crippen LogP contribution in [0.3, 0.4) is 0 Å². The monoisotopic (exact) mass is 467 g/mol. The van der Waals surface area contributed by atoms with Gasteiger partial charge in [0, 0.05) is 19.1 Å². The van der Waals surface area contributed by atoms with Crippen LogP contribution >= 0.6 is 0 Å². The molecule has 2 N–H and O–H groups in total. The number of carbonyl (C=O) groups excluding carboxylic acids is 2. The Morgan fingerprint density at radius 3 is 2.24 bits per heavy atom. The Bertz CT molecular complexity index is 940. The van der Waals surface area contributed by atoms with Crippen molar-refractivity contribution in [1.82, 2.24) is 5.43 Å². The van der Waals surface area contributed by atoms with E-state index in [2.05, 4.69) is 15.5 Å². The van der Waals surface area contributed by atoms with E-state index in [1.807, 2.05) is 43.3 Å². The highest BCUT2D eigenvalue weighted by Crippen LogP contribution is 2.12. The fraction of sp³-hybridized carbons (Fsp3) is 0.385. The molecule has 2 aromatic rings. The van der Waals surface area contributed by atoms with Gasteiger partial charge in [-0.15, -0.1) is 0 Å². The van der Waals surface area contributed by atoms with E-state index in [-0.39, 0.29) is 24.8 Å². The van der Waals surface area contributed by atoms with Crippen LogP contribution in [0.25, 0.3) is 0 Å². The molecule has 0 aliphatic heterocycles. The molecule has 0 saturated heterocycles. The van der Waals surface area contributed by atoms with E-state index in [1.54, 1.807) is 31.7 Å². The van der Waals surface area contributed by atoms with Crippen molar-refractivity contribution in [3.05, 3.63) is 59.7 Å². The van der Waals surface area contributed by atoms with Gasteiger partial charge in [0.25, 0.3) is 0 Å². The smallest absolute Gasteiger partial charge is 0.240 e. The number of hydrogen-bond donors (Lipinski definition) is 2. The van der Waals surface area contributed by atoms with Crippen LogP contribution < -0.4 is 14.9 Å². The molecule has 182 valence electrons. The number of nitrogens with zero attached hydrogens (tertiary/aromatic N) is 2. The number of ketones is 1. The average Bonchev–Trinajstić information content (AvgIpc) is 2.86. The van der Waals surface area contributed by atoms with E-state index < -0.39 is 6.10 Å². The van der Waals surface area contributed by atoms with Gasteiger partial charge < -0.3 is 14.6 Å². The van der Waals surface area contributed by atoms with Crippen molar-refractivity contribution in [2.75, 3.05) is 20.3 Å². The Kier molecular flexibility index (Phi) is 12.1. The minimum Gasteiger partial charge on any atom is -0.497 e. The molecule has 2 aromatic carbocycles. The van der Waals surface area contributed by atoms with E-state index in [1.165, 1.54) is 0 Å². The van der Waals surface area contributed by atoms with Crippen LogP contribution in [-0.4, -0.2) is 55.6 Å². The molecule has 0 aromatic heterocycles. The molecule has 0 fully saturated rings. The highest BCUT2D eigenvalue weighted by Gasteiger charge is 2.04. The van der Waals surface area contributed by atoms with E-state index in [0.29, 0.717) is 37.9 Å². The van der Waals surface area contributed by atoms with E-state index in [4.69, 9.17) is 9.47 Å². The number of unbranched alkanes of at least 4 members (excludes halogenated alkanes) is 1. The number of carbonyl (C=O) groups is 2. The highest BCUT2D eigenvalue weighted by molar-refractivity contribution is 5.85. The van der Waals surface area contributed by atoms with Gasteiger partial charge in [-0.1, -0.05) is 6.92 Å². The van der Waals surface area contributed by atoms with Crippen LogP contribution in [0.5, 0.6) is 11.5 Å². The zero-order valence-electron chi connectivity index (χ0n) is 19.8. The van der Waals surface area contributed by atoms with Crippen molar-refractivity contribution in [2.24, 2.45) is 10.1 Å².